The monoisotopic (exact) mass is 248 g/mol. The van der Waals surface area contributed by atoms with Gasteiger partial charge in [-0.3, -0.25) is 9.59 Å². The molecular weight excluding hydrogens is 236 g/mol. The average Bonchev–Trinajstić information content (AvgIpc) is 2.36. The van der Waals surface area contributed by atoms with Gasteiger partial charge in [-0.05, 0) is 31.2 Å². The van der Waals surface area contributed by atoms with E-state index in [-0.39, 0.29) is 12.0 Å². The maximum atomic E-state index is 11.4. The number of aldehydes is 1. The van der Waals surface area contributed by atoms with E-state index >= 15 is 0 Å². The van der Waals surface area contributed by atoms with Crippen molar-refractivity contribution in [2.45, 2.75) is 13.3 Å². The zero-order chi connectivity index (χ0) is 13.5. The van der Waals surface area contributed by atoms with Crippen LogP contribution in [-0.2, 0) is 9.59 Å². The number of benzene rings is 1. The van der Waals surface area contributed by atoms with Gasteiger partial charge in [-0.1, -0.05) is 6.08 Å². The fourth-order valence-electron chi connectivity index (χ4n) is 1.11. The predicted molar refractivity (Wildman–Crippen MR) is 63.5 cm³/mol. The number of carboxylic acids is 1. The molecular formula is C13H12O5. The van der Waals surface area contributed by atoms with Gasteiger partial charge in [0.25, 0.3) is 0 Å². The van der Waals surface area contributed by atoms with E-state index in [0.29, 0.717) is 17.6 Å². The van der Waals surface area contributed by atoms with Crippen molar-refractivity contribution in [2.75, 3.05) is 0 Å². The molecule has 0 spiro atoms. The first-order chi connectivity index (χ1) is 8.52. The number of rotatable bonds is 5. The number of esters is 1. The van der Waals surface area contributed by atoms with E-state index in [9.17, 15) is 14.4 Å². The lowest BCUT2D eigenvalue weighted by Crippen LogP contribution is -2.07. The second-order valence-electron chi connectivity index (χ2n) is 3.56. The summed E-state index contributed by atoms with van der Waals surface area (Å²) in [6, 6.07) is 6.03. The van der Waals surface area contributed by atoms with Crippen LogP contribution >= 0.6 is 0 Å². The molecule has 0 atom stereocenters. The lowest BCUT2D eigenvalue weighted by molar-refractivity contribution is -0.133. The summed E-state index contributed by atoms with van der Waals surface area (Å²) in [7, 11) is 0. The summed E-state index contributed by atoms with van der Waals surface area (Å²) in [5.74, 6) is -1.32. The number of hydrogen-bond acceptors (Lipinski definition) is 4. The van der Waals surface area contributed by atoms with Gasteiger partial charge in [-0.2, -0.15) is 0 Å². The molecule has 1 rings (SSSR count). The molecule has 0 aliphatic rings. The van der Waals surface area contributed by atoms with E-state index in [0.717, 1.165) is 0 Å². The van der Waals surface area contributed by atoms with Crippen LogP contribution in [0.25, 0.3) is 0 Å². The molecule has 94 valence electrons. The highest BCUT2D eigenvalue weighted by Gasteiger charge is 2.05. The smallest absolute Gasteiger partial charge is 0.330 e. The standard InChI is InChI=1S/C13H12O5/c1-9(13(16)17)2-7-12(15)18-11-5-3-10(8-14)4-6-11/h2-6,8H,7H2,1H3,(H,16,17). The summed E-state index contributed by atoms with van der Waals surface area (Å²) in [5, 5.41) is 8.59. The van der Waals surface area contributed by atoms with Crippen LogP contribution in [0.15, 0.2) is 35.9 Å². The molecule has 1 aromatic rings. The summed E-state index contributed by atoms with van der Waals surface area (Å²) < 4.78 is 4.95. The van der Waals surface area contributed by atoms with E-state index in [1.54, 1.807) is 0 Å². The minimum absolute atomic E-state index is 0.0863. The highest BCUT2D eigenvalue weighted by Crippen LogP contribution is 2.12. The molecule has 0 aliphatic carbocycles. The zero-order valence-corrected chi connectivity index (χ0v) is 9.75. The highest BCUT2D eigenvalue weighted by atomic mass is 16.5. The van der Waals surface area contributed by atoms with E-state index in [1.807, 2.05) is 0 Å². The third-order valence-electron chi connectivity index (χ3n) is 2.16. The van der Waals surface area contributed by atoms with Crippen LogP contribution in [0, 0.1) is 0 Å². The van der Waals surface area contributed by atoms with Crippen LogP contribution in [0.4, 0.5) is 0 Å². The van der Waals surface area contributed by atoms with Gasteiger partial charge in [0.2, 0.25) is 0 Å². The minimum atomic E-state index is -1.07. The Morgan fingerprint density at radius 2 is 1.89 bits per heavy atom. The van der Waals surface area contributed by atoms with Crippen molar-refractivity contribution >= 4 is 18.2 Å². The Labute approximate surface area is 104 Å². The predicted octanol–water partition coefficient (Wildman–Crippen LogP) is 1.83. The lowest BCUT2D eigenvalue weighted by Gasteiger charge is -2.02. The maximum Gasteiger partial charge on any atom is 0.330 e. The average molecular weight is 248 g/mol. The molecule has 1 aromatic carbocycles. The molecule has 0 aliphatic heterocycles. The van der Waals surface area contributed by atoms with E-state index in [2.05, 4.69) is 0 Å². The SMILES string of the molecule is CC(=CCC(=O)Oc1ccc(C=O)cc1)C(=O)O. The van der Waals surface area contributed by atoms with Gasteiger partial charge in [-0.15, -0.1) is 0 Å². The van der Waals surface area contributed by atoms with Crippen molar-refractivity contribution in [2.24, 2.45) is 0 Å². The molecule has 18 heavy (non-hydrogen) atoms. The molecule has 1 N–H and O–H groups in total. The molecule has 0 aromatic heterocycles. The molecule has 5 heteroatoms. The Balaban J connectivity index is 2.56. The summed E-state index contributed by atoms with van der Waals surface area (Å²) in [6.07, 6.45) is 1.85. The third-order valence-corrected chi connectivity index (χ3v) is 2.16. The third kappa shape index (κ3) is 4.21. The molecule has 0 fully saturated rings. The fraction of sp³-hybridized carbons (Fsp3) is 0.154. The van der Waals surface area contributed by atoms with Crippen LogP contribution in [0.5, 0.6) is 5.75 Å². The van der Waals surface area contributed by atoms with Gasteiger partial charge in [-0.25, -0.2) is 4.79 Å². The van der Waals surface area contributed by atoms with Gasteiger partial charge in [0, 0.05) is 11.1 Å². The largest absolute Gasteiger partial charge is 0.478 e. The van der Waals surface area contributed by atoms with Crippen LogP contribution in [0.2, 0.25) is 0 Å². The first kappa shape index (κ1) is 13.6. The van der Waals surface area contributed by atoms with E-state index < -0.39 is 11.9 Å². The maximum absolute atomic E-state index is 11.4. The number of aliphatic carboxylic acids is 1. The Morgan fingerprint density at radius 1 is 1.28 bits per heavy atom. The number of carbonyl (C=O) groups excluding carboxylic acids is 2. The summed E-state index contributed by atoms with van der Waals surface area (Å²) in [6.45, 7) is 1.40. The molecule has 0 saturated heterocycles. The van der Waals surface area contributed by atoms with Gasteiger partial charge < -0.3 is 9.84 Å². The second kappa shape index (κ2) is 6.34. The highest BCUT2D eigenvalue weighted by molar-refractivity contribution is 5.87. The number of carboxylic acid groups (broad SMARTS) is 1. The molecule has 0 heterocycles. The van der Waals surface area contributed by atoms with Gasteiger partial charge >= 0.3 is 11.9 Å². The van der Waals surface area contributed by atoms with Crippen molar-refractivity contribution in [3.05, 3.63) is 41.5 Å². The van der Waals surface area contributed by atoms with Crippen LogP contribution in [-0.4, -0.2) is 23.3 Å². The van der Waals surface area contributed by atoms with Crippen LogP contribution < -0.4 is 4.74 Å². The Morgan fingerprint density at radius 3 is 2.39 bits per heavy atom. The Bertz CT molecular complexity index is 485. The molecule has 0 saturated carbocycles. The van der Waals surface area contributed by atoms with Crippen molar-refractivity contribution in [1.29, 1.82) is 0 Å². The minimum Gasteiger partial charge on any atom is -0.478 e. The molecule has 0 amide bonds. The lowest BCUT2D eigenvalue weighted by atomic mass is 10.2. The molecule has 0 radical (unpaired) electrons. The van der Waals surface area contributed by atoms with Crippen molar-refractivity contribution in [1.82, 2.24) is 0 Å². The van der Waals surface area contributed by atoms with Crippen molar-refractivity contribution < 1.29 is 24.2 Å². The number of ether oxygens (including phenoxy) is 1. The normalized spacial score (nSPS) is 10.8. The van der Waals surface area contributed by atoms with Gasteiger partial charge in [0.1, 0.15) is 12.0 Å². The molecule has 5 nitrogen and oxygen atoms in total. The molecule has 0 bridgehead atoms. The van der Waals surface area contributed by atoms with Crippen molar-refractivity contribution in [3.63, 3.8) is 0 Å². The van der Waals surface area contributed by atoms with Gasteiger partial charge in [0.05, 0.1) is 6.42 Å². The summed E-state index contributed by atoms with van der Waals surface area (Å²) in [4.78, 5) is 32.3. The van der Waals surface area contributed by atoms with Gasteiger partial charge in [0.15, 0.2) is 0 Å². The molecule has 0 unspecified atom stereocenters. The Kier molecular flexibility index (Phi) is 4.80. The van der Waals surface area contributed by atoms with E-state index in [4.69, 9.17) is 9.84 Å². The van der Waals surface area contributed by atoms with Crippen molar-refractivity contribution in [3.8, 4) is 5.75 Å². The first-order valence-electron chi connectivity index (χ1n) is 5.19. The number of carbonyl (C=O) groups is 3. The first-order valence-corrected chi connectivity index (χ1v) is 5.19. The summed E-state index contributed by atoms with van der Waals surface area (Å²) in [5.41, 5.74) is 0.569. The van der Waals surface area contributed by atoms with Crippen LogP contribution in [0.1, 0.15) is 23.7 Å². The fourth-order valence-corrected chi connectivity index (χ4v) is 1.11. The van der Waals surface area contributed by atoms with E-state index in [1.165, 1.54) is 37.3 Å². The quantitative estimate of drug-likeness (QED) is 0.372. The Hall–Kier alpha value is -2.43. The van der Waals surface area contributed by atoms with Crippen LogP contribution in [0.3, 0.4) is 0 Å². The summed E-state index contributed by atoms with van der Waals surface area (Å²) >= 11 is 0. The topological polar surface area (TPSA) is 80.7 Å². The number of hydrogen-bond donors (Lipinski definition) is 1. The second-order valence-corrected chi connectivity index (χ2v) is 3.56. The zero-order valence-electron chi connectivity index (χ0n) is 9.75.